The van der Waals surface area contributed by atoms with Crippen LogP contribution in [-0.4, -0.2) is 41.1 Å². The average molecular weight is 309 g/mol. The van der Waals surface area contributed by atoms with Crippen molar-refractivity contribution in [1.29, 1.82) is 0 Å². The van der Waals surface area contributed by atoms with Crippen molar-refractivity contribution < 1.29 is 24.6 Å². The van der Waals surface area contributed by atoms with E-state index in [1.54, 1.807) is 0 Å². The number of carboxylic acid groups (broad SMARTS) is 2. The zero-order chi connectivity index (χ0) is 16.7. The van der Waals surface area contributed by atoms with Crippen molar-refractivity contribution in [3.63, 3.8) is 0 Å². The molecule has 0 bridgehead atoms. The number of amides is 1. The van der Waals surface area contributed by atoms with Gasteiger partial charge < -0.3 is 15.5 Å². The summed E-state index contributed by atoms with van der Waals surface area (Å²) in [6.07, 6.45) is -0.585. The highest BCUT2D eigenvalue weighted by Crippen LogP contribution is 2.14. The summed E-state index contributed by atoms with van der Waals surface area (Å²) >= 11 is 0. The van der Waals surface area contributed by atoms with Gasteiger partial charge in [-0.15, -0.1) is 4.91 Å². The van der Waals surface area contributed by atoms with Crippen molar-refractivity contribution in [2.75, 3.05) is 12.1 Å². The molecule has 0 radical (unpaired) electrons. The van der Waals surface area contributed by atoms with Crippen molar-refractivity contribution in [3.8, 4) is 0 Å². The molecule has 1 amide bonds. The van der Waals surface area contributed by atoms with Gasteiger partial charge in [0, 0.05) is 19.0 Å². The van der Waals surface area contributed by atoms with Gasteiger partial charge in [-0.05, 0) is 30.7 Å². The second-order valence-corrected chi connectivity index (χ2v) is 4.45. The first-order valence-corrected chi connectivity index (χ1v) is 6.27. The summed E-state index contributed by atoms with van der Waals surface area (Å²) in [6, 6.07) is 4.47. The topological polar surface area (TPSA) is 136 Å². The second kappa shape index (κ2) is 7.72. The van der Waals surface area contributed by atoms with Crippen LogP contribution in [0.5, 0.6) is 0 Å². The number of aliphatic carboxylic acids is 2. The van der Waals surface area contributed by atoms with Gasteiger partial charge in [0.05, 0.1) is 11.0 Å². The van der Waals surface area contributed by atoms with Crippen LogP contribution < -0.4 is 10.3 Å². The van der Waals surface area contributed by atoms with Crippen LogP contribution in [0.1, 0.15) is 23.2 Å². The van der Waals surface area contributed by atoms with E-state index in [2.05, 4.69) is 10.6 Å². The van der Waals surface area contributed by atoms with Gasteiger partial charge in [-0.3, -0.25) is 9.59 Å². The van der Waals surface area contributed by atoms with Gasteiger partial charge in [0.1, 0.15) is 6.04 Å². The molecule has 0 saturated heterocycles. The number of nitroso groups, excluding NO2 is 1. The fourth-order valence-electron chi connectivity index (χ4n) is 1.64. The lowest BCUT2D eigenvalue weighted by Crippen LogP contribution is -2.41. The van der Waals surface area contributed by atoms with Gasteiger partial charge in [0.15, 0.2) is 0 Å². The molecule has 1 rings (SSSR count). The highest BCUT2D eigenvalue weighted by molar-refractivity contribution is 5.96. The molecule has 22 heavy (non-hydrogen) atoms. The largest absolute Gasteiger partial charge is 0.481 e. The molecule has 118 valence electrons. The van der Waals surface area contributed by atoms with E-state index in [-0.39, 0.29) is 18.4 Å². The van der Waals surface area contributed by atoms with Gasteiger partial charge >= 0.3 is 11.9 Å². The smallest absolute Gasteiger partial charge is 0.326 e. The Morgan fingerprint density at radius 1 is 1.23 bits per heavy atom. The summed E-state index contributed by atoms with van der Waals surface area (Å²) in [7, 11) is 1.44. The zero-order valence-electron chi connectivity index (χ0n) is 11.7. The first-order chi connectivity index (χ1) is 10.3. The van der Waals surface area contributed by atoms with Crippen molar-refractivity contribution >= 4 is 23.5 Å². The Hall–Kier alpha value is -2.97. The Bertz CT molecular complexity index is 572. The molecule has 9 heteroatoms. The van der Waals surface area contributed by atoms with Crippen molar-refractivity contribution in [2.45, 2.75) is 18.9 Å². The third-order valence-electron chi connectivity index (χ3n) is 2.88. The molecule has 3 N–H and O–H groups in total. The molecule has 0 aliphatic rings. The van der Waals surface area contributed by atoms with E-state index in [9.17, 15) is 19.3 Å². The summed E-state index contributed by atoms with van der Waals surface area (Å²) in [6.45, 7) is 0. The summed E-state index contributed by atoms with van der Waals surface area (Å²) in [4.78, 5) is 43.8. The van der Waals surface area contributed by atoms with Crippen LogP contribution in [0.2, 0.25) is 0 Å². The van der Waals surface area contributed by atoms with E-state index in [0.717, 1.165) is 5.01 Å². The SMILES string of the molecule is CN(N=O)c1ccc(C(=O)N[C@@H](CCC(=O)O)C(=O)O)cc1. The minimum Gasteiger partial charge on any atom is -0.481 e. The first-order valence-electron chi connectivity index (χ1n) is 6.27. The van der Waals surface area contributed by atoms with Gasteiger partial charge in [-0.2, -0.15) is 0 Å². The monoisotopic (exact) mass is 309 g/mol. The van der Waals surface area contributed by atoms with Crippen LogP contribution in [0.4, 0.5) is 5.69 Å². The van der Waals surface area contributed by atoms with Gasteiger partial charge in [0.25, 0.3) is 5.91 Å². The predicted octanol–water partition coefficient (Wildman–Crippen LogP) is 0.852. The molecule has 0 aliphatic heterocycles. The fraction of sp³-hybridized carbons (Fsp3) is 0.308. The van der Waals surface area contributed by atoms with Crippen molar-refractivity contribution in [1.82, 2.24) is 5.32 Å². The lowest BCUT2D eigenvalue weighted by atomic mass is 10.1. The highest BCUT2D eigenvalue weighted by atomic mass is 16.4. The molecule has 9 nitrogen and oxygen atoms in total. The lowest BCUT2D eigenvalue weighted by Gasteiger charge is -2.14. The Morgan fingerprint density at radius 3 is 2.27 bits per heavy atom. The summed E-state index contributed by atoms with van der Waals surface area (Å²) in [5.74, 6) is -3.10. The first kappa shape index (κ1) is 17.1. The summed E-state index contributed by atoms with van der Waals surface area (Å²) < 4.78 is 0. The Kier molecular flexibility index (Phi) is 5.99. The van der Waals surface area contributed by atoms with E-state index < -0.39 is 23.9 Å². The number of hydrogen-bond acceptors (Lipinski definition) is 5. The molecule has 1 aromatic carbocycles. The van der Waals surface area contributed by atoms with Gasteiger partial charge in [-0.1, -0.05) is 0 Å². The normalized spacial score (nSPS) is 11.3. The maximum Gasteiger partial charge on any atom is 0.326 e. The summed E-state index contributed by atoms with van der Waals surface area (Å²) in [5, 5.41) is 23.5. The molecule has 1 atom stereocenters. The quantitative estimate of drug-likeness (QED) is 0.478. The maximum absolute atomic E-state index is 11.9. The number of carbonyl (C=O) groups is 3. The van der Waals surface area contributed by atoms with Gasteiger partial charge in [-0.25, -0.2) is 9.80 Å². The van der Waals surface area contributed by atoms with E-state index in [4.69, 9.17) is 10.2 Å². The fourth-order valence-corrected chi connectivity index (χ4v) is 1.64. The number of carboxylic acids is 2. The predicted molar refractivity (Wildman–Crippen MR) is 76.4 cm³/mol. The number of nitrogens with zero attached hydrogens (tertiary/aromatic N) is 2. The Labute approximate surface area is 125 Å². The van der Waals surface area contributed by atoms with Crippen LogP contribution in [0.25, 0.3) is 0 Å². The third kappa shape index (κ3) is 4.85. The number of benzene rings is 1. The Balaban J connectivity index is 2.75. The Morgan fingerprint density at radius 2 is 1.82 bits per heavy atom. The molecule has 1 aromatic rings. The molecular weight excluding hydrogens is 294 g/mol. The van der Waals surface area contributed by atoms with Crippen molar-refractivity contribution in [3.05, 3.63) is 34.7 Å². The average Bonchev–Trinajstić information content (AvgIpc) is 2.50. The number of hydrogen-bond donors (Lipinski definition) is 3. The standard InChI is InChI=1S/C13H15N3O6/c1-16(15-22)9-4-2-8(3-5-9)12(19)14-10(13(20)21)6-7-11(17)18/h2-5,10H,6-7H2,1H3,(H,14,19)(H,17,18)(H,20,21)/t10-/m0/s1. The van der Waals surface area contributed by atoms with E-state index in [0.29, 0.717) is 5.69 Å². The molecule has 0 fully saturated rings. The minimum absolute atomic E-state index is 0.185. The molecule has 0 spiro atoms. The molecule has 0 aliphatic carbocycles. The molecule has 0 unspecified atom stereocenters. The lowest BCUT2D eigenvalue weighted by molar-refractivity contribution is -0.140. The number of anilines is 1. The van der Waals surface area contributed by atoms with Crippen molar-refractivity contribution in [2.24, 2.45) is 5.29 Å². The molecular formula is C13H15N3O6. The van der Waals surface area contributed by atoms with E-state index in [1.165, 1.54) is 31.3 Å². The van der Waals surface area contributed by atoms with Gasteiger partial charge in [0.2, 0.25) is 0 Å². The number of carbonyl (C=O) groups excluding carboxylic acids is 1. The number of rotatable bonds is 8. The minimum atomic E-state index is -1.31. The zero-order valence-corrected chi connectivity index (χ0v) is 11.7. The maximum atomic E-state index is 11.9. The van der Waals surface area contributed by atoms with Crippen LogP contribution in [-0.2, 0) is 9.59 Å². The van der Waals surface area contributed by atoms with E-state index in [1.807, 2.05) is 0 Å². The third-order valence-corrected chi connectivity index (χ3v) is 2.88. The molecule has 0 heterocycles. The molecule has 0 saturated carbocycles. The van der Waals surface area contributed by atoms with Crippen LogP contribution in [0.3, 0.4) is 0 Å². The highest BCUT2D eigenvalue weighted by Gasteiger charge is 2.21. The van der Waals surface area contributed by atoms with E-state index >= 15 is 0 Å². The summed E-state index contributed by atoms with van der Waals surface area (Å²) in [5.41, 5.74) is 0.650. The number of nitrogens with one attached hydrogen (secondary N) is 1. The van der Waals surface area contributed by atoms with Crippen LogP contribution >= 0.6 is 0 Å². The van der Waals surface area contributed by atoms with Crippen LogP contribution in [0, 0.1) is 4.91 Å². The second-order valence-electron chi connectivity index (χ2n) is 4.45. The van der Waals surface area contributed by atoms with Crippen LogP contribution in [0.15, 0.2) is 29.6 Å². The molecule has 0 aromatic heterocycles.